The summed E-state index contributed by atoms with van der Waals surface area (Å²) < 4.78 is 19.7. The van der Waals surface area contributed by atoms with Gasteiger partial charge in [0.1, 0.15) is 0 Å². The molecular weight excluding hydrogens is 424 g/mol. The maximum Gasteiger partial charge on any atom is 0.410 e. The Morgan fingerprint density at radius 1 is 0.531 bits per heavy atom. The van der Waals surface area contributed by atoms with E-state index in [2.05, 4.69) is 21.3 Å². The molecule has 0 radical (unpaired) electrons. The quantitative estimate of drug-likeness (QED) is 0.155. The van der Waals surface area contributed by atoms with Crippen molar-refractivity contribution in [2.45, 2.75) is 54.1 Å². The third-order valence-electron chi connectivity index (χ3n) is 3.67. The third-order valence-corrected chi connectivity index (χ3v) is 3.67. The molecule has 2 atom stereocenters. The van der Waals surface area contributed by atoms with E-state index in [1.54, 1.807) is 27.7 Å². The maximum atomic E-state index is 11.6. The minimum Gasteiger partial charge on any atom is -0.425 e. The lowest BCUT2D eigenvalue weighted by Gasteiger charge is -2.16. The molecule has 0 aromatic heterocycles. The molecule has 0 fully saturated rings. The van der Waals surface area contributed by atoms with Crippen LogP contribution in [-0.4, -0.2) is 76.0 Å². The Labute approximate surface area is 189 Å². The minimum atomic E-state index is -0.953. The zero-order chi connectivity index (χ0) is 24.5. The standard InChI is InChI=1S/C20H38N4O8/c1-13(2)17(25)29-15(5)31-19(27)23-11-9-21-7-8-22-10-12-24-20(28)32-16(6)30-18(26)14(3)4/h13-16,21-22H,7-12H2,1-6H3,(H,23,27)(H,24,28)/t15-,16-/m0/s1. The molecule has 0 aliphatic carbocycles. The number of alkyl carbamates (subject to hydrolysis) is 2. The normalized spacial score (nSPS) is 12.6. The highest BCUT2D eigenvalue weighted by Gasteiger charge is 2.17. The van der Waals surface area contributed by atoms with Gasteiger partial charge in [-0.25, -0.2) is 9.59 Å². The van der Waals surface area contributed by atoms with Crippen molar-refractivity contribution in [2.24, 2.45) is 11.8 Å². The first-order chi connectivity index (χ1) is 15.0. The molecule has 186 valence electrons. The summed E-state index contributed by atoms with van der Waals surface area (Å²) in [7, 11) is 0. The lowest BCUT2D eigenvalue weighted by molar-refractivity contribution is -0.169. The summed E-state index contributed by atoms with van der Waals surface area (Å²) in [6.07, 6.45) is -3.24. The number of carbonyl (C=O) groups is 4. The number of nitrogens with one attached hydrogen (secondary N) is 4. The summed E-state index contributed by atoms with van der Waals surface area (Å²) in [5.74, 6) is -1.46. The van der Waals surface area contributed by atoms with Crippen LogP contribution in [0.25, 0.3) is 0 Å². The van der Waals surface area contributed by atoms with Gasteiger partial charge in [-0.3, -0.25) is 9.59 Å². The number of hydrogen-bond acceptors (Lipinski definition) is 10. The SMILES string of the molecule is CC(C)C(=O)O[C@H](C)OC(=O)NCCNCCNCCNC(=O)O[C@@H](C)OC(=O)C(C)C. The zero-order valence-electron chi connectivity index (χ0n) is 19.8. The van der Waals surface area contributed by atoms with E-state index in [4.69, 9.17) is 18.9 Å². The van der Waals surface area contributed by atoms with Crippen molar-refractivity contribution in [2.75, 3.05) is 39.3 Å². The van der Waals surface area contributed by atoms with E-state index in [-0.39, 0.29) is 11.8 Å². The van der Waals surface area contributed by atoms with Gasteiger partial charge in [-0.05, 0) is 0 Å². The number of hydrogen-bond donors (Lipinski definition) is 4. The highest BCUT2D eigenvalue weighted by Crippen LogP contribution is 2.02. The van der Waals surface area contributed by atoms with E-state index in [0.29, 0.717) is 39.3 Å². The molecule has 0 spiro atoms. The molecule has 0 aliphatic rings. The van der Waals surface area contributed by atoms with Gasteiger partial charge in [0, 0.05) is 53.1 Å². The van der Waals surface area contributed by atoms with Crippen molar-refractivity contribution in [1.29, 1.82) is 0 Å². The predicted octanol–water partition coefficient (Wildman–Crippen LogP) is 0.708. The van der Waals surface area contributed by atoms with Crippen LogP contribution in [0.1, 0.15) is 41.5 Å². The second-order valence-electron chi connectivity index (χ2n) is 7.48. The summed E-state index contributed by atoms with van der Waals surface area (Å²) in [5, 5.41) is 11.3. The Bertz CT molecular complexity index is 536. The minimum absolute atomic E-state index is 0.295. The van der Waals surface area contributed by atoms with Crippen LogP contribution in [0.15, 0.2) is 0 Å². The molecule has 12 nitrogen and oxygen atoms in total. The van der Waals surface area contributed by atoms with Crippen LogP contribution in [0.2, 0.25) is 0 Å². The molecule has 0 heterocycles. The molecule has 0 aliphatic heterocycles. The molecule has 0 saturated carbocycles. The van der Waals surface area contributed by atoms with Crippen LogP contribution in [0.5, 0.6) is 0 Å². The first-order valence-electron chi connectivity index (χ1n) is 10.7. The number of amides is 2. The van der Waals surface area contributed by atoms with Gasteiger partial charge in [0.05, 0.1) is 11.8 Å². The fourth-order valence-electron chi connectivity index (χ4n) is 1.96. The van der Waals surface area contributed by atoms with Crippen molar-refractivity contribution in [3.8, 4) is 0 Å². The van der Waals surface area contributed by atoms with Gasteiger partial charge in [-0.15, -0.1) is 0 Å². The fraction of sp³-hybridized carbons (Fsp3) is 0.800. The number of esters is 2. The predicted molar refractivity (Wildman–Crippen MR) is 115 cm³/mol. The Hall–Kier alpha value is -2.60. The van der Waals surface area contributed by atoms with Crippen LogP contribution in [0.3, 0.4) is 0 Å². The van der Waals surface area contributed by atoms with Gasteiger partial charge in [0.25, 0.3) is 0 Å². The van der Waals surface area contributed by atoms with Crippen molar-refractivity contribution >= 4 is 24.1 Å². The van der Waals surface area contributed by atoms with Crippen LogP contribution in [0, 0.1) is 11.8 Å². The van der Waals surface area contributed by atoms with Gasteiger partial charge in [-0.2, -0.15) is 0 Å². The van der Waals surface area contributed by atoms with E-state index < -0.39 is 36.7 Å². The average molecular weight is 463 g/mol. The molecule has 0 unspecified atom stereocenters. The largest absolute Gasteiger partial charge is 0.425 e. The molecule has 2 amide bonds. The lowest BCUT2D eigenvalue weighted by atomic mass is 10.2. The second kappa shape index (κ2) is 17.0. The van der Waals surface area contributed by atoms with Crippen LogP contribution in [-0.2, 0) is 28.5 Å². The summed E-state index contributed by atoms with van der Waals surface area (Å²) in [5.41, 5.74) is 0. The van der Waals surface area contributed by atoms with Gasteiger partial charge in [0.15, 0.2) is 0 Å². The van der Waals surface area contributed by atoms with Crippen molar-refractivity contribution < 1.29 is 38.1 Å². The third kappa shape index (κ3) is 16.1. The molecule has 0 aromatic carbocycles. The number of rotatable bonds is 15. The number of ether oxygens (including phenoxy) is 4. The molecular formula is C20H38N4O8. The van der Waals surface area contributed by atoms with Crippen LogP contribution >= 0.6 is 0 Å². The van der Waals surface area contributed by atoms with E-state index in [1.165, 1.54) is 13.8 Å². The van der Waals surface area contributed by atoms with Gasteiger partial charge in [0.2, 0.25) is 12.6 Å². The summed E-state index contributed by atoms with van der Waals surface area (Å²) in [6.45, 7) is 12.7. The van der Waals surface area contributed by atoms with E-state index in [1.807, 2.05) is 0 Å². The van der Waals surface area contributed by atoms with E-state index in [9.17, 15) is 19.2 Å². The lowest BCUT2D eigenvalue weighted by Crippen LogP contribution is -2.38. The Kier molecular flexibility index (Phi) is 15.6. The molecule has 0 bridgehead atoms. The molecule has 12 heteroatoms. The Morgan fingerprint density at radius 3 is 1.16 bits per heavy atom. The smallest absolute Gasteiger partial charge is 0.410 e. The second-order valence-corrected chi connectivity index (χ2v) is 7.48. The van der Waals surface area contributed by atoms with Crippen LogP contribution < -0.4 is 21.3 Å². The molecule has 32 heavy (non-hydrogen) atoms. The van der Waals surface area contributed by atoms with E-state index in [0.717, 1.165) is 0 Å². The molecule has 4 N–H and O–H groups in total. The summed E-state index contributed by atoms with van der Waals surface area (Å²) >= 11 is 0. The zero-order valence-corrected chi connectivity index (χ0v) is 19.8. The Morgan fingerprint density at radius 2 is 0.844 bits per heavy atom. The average Bonchev–Trinajstić information content (AvgIpc) is 2.68. The fourth-order valence-corrected chi connectivity index (χ4v) is 1.96. The molecule has 0 rings (SSSR count). The van der Waals surface area contributed by atoms with Gasteiger partial charge >= 0.3 is 24.1 Å². The first-order valence-corrected chi connectivity index (χ1v) is 10.7. The highest BCUT2D eigenvalue weighted by atomic mass is 16.7. The molecule has 0 saturated heterocycles. The van der Waals surface area contributed by atoms with Gasteiger partial charge < -0.3 is 40.2 Å². The number of carbonyl (C=O) groups excluding carboxylic acids is 4. The van der Waals surface area contributed by atoms with Crippen molar-refractivity contribution in [1.82, 2.24) is 21.3 Å². The van der Waals surface area contributed by atoms with Crippen molar-refractivity contribution in [3.63, 3.8) is 0 Å². The maximum absolute atomic E-state index is 11.6. The van der Waals surface area contributed by atoms with Crippen molar-refractivity contribution in [3.05, 3.63) is 0 Å². The summed E-state index contributed by atoms with van der Waals surface area (Å²) in [4.78, 5) is 46.0. The Balaban J connectivity index is 3.59. The topological polar surface area (TPSA) is 153 Å². The summed E-state index contributed by atoms with van der Waals surface area (Å²) in [6, 6.07) is 0. The van der Waals surface area contributed by atoms with Crippen LogP contribution in [0.4, 0.5) is 9.59 Å². The first kappa shape index (κ1) is 29.4. The van der Waals surface area contributed by atoms with E-state index >= 15 is 0 Å². The highest BCUT2D eigenvalue weighted by molar-refractivity contribution is 5.72. The van der Waals surface area contributed by atoms with Gasteiger partial charge in [-0.1, -0.05) is 27.7 Å². The monoisotopic (exact) mass is 462 g/mol. The molecule has 0 aromatic rings.